The van der Waals surface area contributed by atoms with Crippen molar-refractivity contribution in [2.45, 2.75) is 12.1 Å². The largest absolute Gasteiger partial charge is 1.00 e. The van der Waals surface area contributed by atoms with E-state index in [1.54, 1.807) is 0 Å². The maximum Gasteiger partial charge on any atom is 1.00 e. The second kappa shape index (κ2) is 21.7. The fraction of sp³-hybridized carbons (Fsp3) is 1.00. The van der Waals surface area contributed by atoms with Gasteiger partial charge in [-0.1, -0.05) is 21.6 Å². The Morgan fingerprint density at radius 3 is 1.81 bits per heavy atom. The molecule has 1 fully saturated rings. The molecule has 1 heterocycles. The van der Waals surface area contributed by atoms with Gasteiger partial charge in [0.1, 0.15) is 0 Å². The van der Waals surface area contributed by atoms with E-state index < -0.39 is 19.8 Å². The first-order valence-corrected chi connectivity index (χ1v) is 15.0. The standard InChI is InChI=1S/C5H13NO3S3.C5H11NS3.ClH.Na.O3S/c1-6(2)5(3-10)4-11-12(7,8)9;1-6(2)5-3-7-9-8-4-5;;;1-4(2)3/h5,10H,3-4H2,1-2H3,(H,7,8,9);5H,3-4H2,1-2H3;1H;;/q;;;+1;/p-1. The third-order valence-corrected chi connectivity index (χ3v) is 9.54. The summed E-state index contributed by atoms with van der Waals surface area (Å²) in [6.07, 6.45) is 0. The molecule has 160 valence electrons. The summed E-state index contributed by atoms with van der Waals surface area (Å²) in [5, 5.41) is 0. The molecule has 27 heavy (non-hydrogen) atoms. The van der Waals surface area contributed by atoms with Gasteiger partial charge in [0.25, 0.3) is 0 Å². The number of nitrogens with zero attached hydrogens (tertiary/aromatic N) is 2. The zero-order chi connectivity index (χ0) is 20.0. The summed E-state index contributed by atoms with van der Waals surface area (Å²) in [6, 6.07) is 0.799. The molecule has 1 saturated heterocycles. The van der Waals surface area contributed by atoms with Crippen LogP contribution < -0.4 is 29.6 Å². The number of hydrogen-bond donors (Lipinski definition) is 1. The monoisotopic (exact) mass is 550 g/mol. The van der Waals surface area contributed by atoms with Crippen LogP contribution in [-0.2, 0) is 32.4 Å². The molecule has 0 aromatic heterocycles. The quantitative estimate of drug-likeness (QED) is 0.177. The Balaban J connectivity index is -0.000000157. The maximum atomic E-state index is 10.3. The van der Waals surface area contributed by atoms with Crippen molar-refractivity contribution in [1.29, 1.82) is 0 Å². The molecule has 1 rings (SSSR count). The Labute approximate surface area is 213 Å². The Morgan fingerprint density at radius 1 is 1.19 bits per heavy atom. The minimum absolute atomic E-state index is 0. The van der Waals surface area contributed by atoms with Crippen molar-refractivity contribution in [3.63, 3.8) is 0 Å². The topological polar surface area (TPSA) is 112 Å². The van der Waals surface area contributed by atoms with Crippen LogP contribution in [0.3, 0.4) is 0 Å². The summed E-state index contributed by atoms with van der Waals surface area (Å²) in [7, 11) is 7.30. The molecule has 0 aromatic rings. The predicted octanol–water partition coefficient (Wildman–Crippen LogP) is -1.62. The molecule has 1 unspecified atom stereocenters. The molecular formula is C10H24ClN2NaO6S7. The first kappa shape index (κ1) is 36.8. The predicted molar refractivity (Wildman–Crippen MR) is 121 cm³/mol. The molecule has 0 radical (unpaired) electrons. The minimum atomic E-state index is -3.92. The molecule has 1 aliphatic heterocycles. The van der Waals surface area contributed by atoms with Gasteiger partial charge in [-0.05, 0) is 54.9 Å². The van der Waals surface area contributed by atoms with Crippen molar-refractivity contribution in [3.05, 3.63) is 0 Å². The van der Waals surface area contributed by atoms with E-state index in [1.165, 1.54) is 11.5 Å². The van der Waals surface area contributed by atoms with Gasteiger partial charge < -0.3 is 22.4 Å². The van der Waals surface area contributed by atoms with Crippen LogP contribution in [0.1, 0.15) is 0 Å². The Morgan fingerprint density at radius 2 is 1.59 bits per heavy atom. The summed E-state index contributed by atoms with van der Waals surface area (Å²) in [4.78, 5) is 4.14. The van der Waals surface area contributed by atoms with Crippen molar-refractivity contribution in [1.82, 2.24) is 9.80 Å². The van der Waals surface area contributed by atoms with Gasteiger partial charge >= 0.3 is 49.3 Å². The molecule has 8 nitrogen and oxygen atoms in total. The van der Waals surface area contributed by atoms with Crippen LogP contribution in [0.2, 0.25) is 0 Å². The van der Waals surface area contributed by atoms with Crippen molar-refractivity contribution in [2.24, 2.45) is 0 Å². The second-order valence-corrected chi connectivity index (χ2v) is 13.4. The fourth-order valence-electron chi connectivity index (χ4n) is 1.10. The van der Waals surface area contributed by atoms with Crippen molar-refractivity contribution in [2.75, 3.05) is 51.2 Å². The molecule has 0 aliphatic carbocycles. The summed E-state index contributed by atoms with van der Waals surface area (Å²) in [6.45, 7) is 0. The van der Waals surface area contributed by atoms with Gasteiger partial charge in [0.2, 0.25) is 0 Å². The molecule has 0 amide bonds. The first-order chi connectivity index (χ1) is 11.4. The zero-order valence-electron chi connectivity index (χ0n) is 15.6. The third kappa shape index (κ3) is 28.5. The molecule has 0 aromatic carbocycles. The summed E-state index contributed by atoms with van der Waals surface area (Å²) < 4.78 is 54.4. The average Bonchev–Trinajstić information content (AvgIpc) is 2.47. The van der Waals surface area contributed by atoms with E-state index in [-0.39, 0.29) is 48.0 Å². The third-order valence-electron chi connectivity index (χ3n) is 2.68. The van der Waals surface area contributed by atoms with Crippen LogP contribution in [-0.4, -0.2) is 98.7 Å². The van der Waals surface area contributed by atoms with E-state index in [2.05, 4.69) is 19.0 Å². The second-order valence-electron chi connectivity index (χ2n) is 4.95. The molecule has 0 spiro atoms. The fourth-order valence-corrected chi connectivity index (χ4v) is 7.97. The van der Waals surface area contributed by atoms with E-state index in [9.17, 15) is 8.42 Å². The van der Waals surface area contributed by atoms with Crippen molar-refractivity contribution >= 4 is 87.0 Å². The zero-order valence-corrected chi connectivity index (χ0v) is 24.2. The van der Waals surface area contributed by atoms with Crippen LogP contribution >= 0.6 is 54.6 Å². The van der Waals surface area contributed by atoms with Crippen LogP contribution in [0.4, 0.5) is 0 Å². The van der Waals surface area contributed by atoms with Gasteiger partial charge in [-0.2, -0.15) is 14.2 Å². The summed E-state index contributed by atoms with van der Waals surface area (Å²) >= 11 is 4.81. The van der Waals surface area contributed by atoms with Crippen LogP contribution in [0, 0.1) is 0 Å². The number of halogens is 1. The molecule has 0 saturated carbocycles. The van der Waals surface area contributed by atoms with E-state index in [0.717, 1.165) is 6.04 Å². The summed E-state index contributed by atoms with van der Waals surface area (Å²) in [5.74, 6) is 3.32. The van der Waals surface area contributed by atoms with Crippen molar-refractivity contribution in [3.8, 4) is 0 Å². The maximum absolute atomic E-state index is 10.3. The van der Waals surface area contributed by atoms with E-state index in [4.69, 9.17) is 29.8 Å². The number of hydrogen-bond acceptors (Lipinski definition) is 12. The van der Waals surface area contributed by atoms with Gasteiger partial charge in [0.05, 0.1) is 0 Å². The Hall–Kier alpha value is 2.49. The van der Waals surface area contributed by atoms with Crippen LogP contribution in [0.15, 0.2) is 0 Å². The normalized spacial score (nSPS) is 15.3. The SMILES string of the molecule is CN(C)C(C[S-])CSS(=O)(=O)O.CN(C)C1CSSSC1.Cl.O=S(=O)=O.[Na+]. The van der Waals surface area contributed by atoms with Gasteiger partial charge in [0.15, 0.2) is 0 Å². The molecular weight excluding hydrogens is 527 g/mol. The average molecular weight is 551 g/mol. The Kier molecular flexibility index (Phi) is 29.6. The molecule has 1 atom stereocenters. The van der Waals surface area contributed by atoms with Gasteiger partial charge in [-0.25, -0.2) is 0 Å². The van der Waals surface area contributed by atoms with E-state index in [0.29, 0.717) is 22.3 Å². The van der Waals surface area contributed by atoms with E-state index in [1.807, 2.05) is 50.4 Å². The first-order valence-electron chi connectivity index (χ1n) is 6.61. The summed E-state index contributed by atoms with van der Waals surface area (Å²) in [5.41, 5.74) is 0. The molecule has 0 bridgehead atoms. The van der Waals surface area contributed by atoms with Crippen LogP contribution in [0.5, 0.6) is 0 Å². The molecule has 17 heteroatoms. The van der Waals surface area contributed by atoms with Gasteiger partial charge in [-0.3, -0.25) is 4.55 Å². The number of rotatable bonds is 6. The molecule has 1 N–H and O–H groups in total. The molecule has 1 aliphatic rings. The van der Waals surface area contributed by atoms with E-state index >= 15 is 0 Å². The van der Waals surface area contributed by atoms with Crippen LogP contribution in [0.25, 0.3) is 0 Å². The Bertz CT molecular complexity index is 539. The van der Waals surface area contributed by atoms with Crippen molar-refractivity contribution < 1.29 is 55.2 Å². The smallest absolute Gasteiger partial charge is 0.791 e. The van der Waals surface area contributed by atoms with Gasteiger partial charge in [-0.15, -0.1) is 25.0 Å². The van der Waals surface area contributed by atoms with Gasteiger partial charge in [0, 0.05) is 23.3 Å². The minimum Gasteiger partial charge on any atom is -0.791 e.